The molecule has 0 aliphatic heterocycles. The van der Waals surface area contributed by atoms with Crippen LogP contribution in [0, 0.1) is 11.6 Å². The molecule has 0 aliphatic rings. The van der Waals surface area contributed by atoms with Gasteiger partial charge in [0, 0.05) is 0 Å². The van der Waals surface area contributed by atoms with Crippen molar-refractivity contribution in [3.8, 4) is 11.5 Å². The van der Waals surface area contributed by atoms with Crippen molar-refractivity contribution in [2.75, 3.05) is 0 Å². The molecule has 100 valence electrons. The number of aliphatic hydroxyl groups is 1. The summed E-state index contributed by atoms with van der Waals surface area (Å²) in [5.74, 6) is -0.670. The average molecular weight is 329 g/mol. The summed E-state index contributed by atoms with van der Waals surface area (Å²) in [6.07, 6.45) is -0.747. The monoisotopic (exact) mass is 328 g/mol. The van der Waals surface area contributed by atoms with Crippen LogP contribution in [0.15, 0.2) is 40.9 Å². The van der Waals surface area contributed by atoms with E-state index in [0.717, 1.165) is 0 Å². The summed E-state index contributed by atoms with van der Waals surface area (Å²) >= 11 is 3.03. The van der Waals surface area contributed by atoms with E-state index in [2.05, 4.69) is 15.9 Å². The number of hydrogen-bond acceptors (Lipinski definition) is 2. The molecule has 5 heteroatoms. The lowest BCUT2D eigenvalue weighted by atomic mass is 10.1. The van der Waals surface area contributed by atoms with Crippen molar-refractivity contribution in [2.24, 2.45) is 0 Å². The van der Waals surface area contributed by atoms with E-state index in [1.807, 2.05) is 0 Å². The van der Waals surface area contributed by atoms with E-state index in [1.54, 1.807) is 13.0 Å². The van der Waals surface area contributed by atoms with E-state index in [1.165, 1.54) is 30.3 Å². The molecular formula is C14H11BrF2O2. The molecule has 19 heavy (non-hydrogen) atoms. The van der Waals surface area contributed by atoms with Gasteiger partial charge in [-0.15, -0.1) is 0 Å². The molecular weight excluding hydrogens is 318 g/mol. The predicted molar refractivity (Wildman–Crippen MR) is 71.2 cm³/mol. The van der Waals surface area contributed by atoms with Gasteiger partial charge in [-0.25, -0.2) is 8.78 Å². The lowest BCUT2D eigenvalue weighted by Gasteiger charge is -2.10. The Morgan fingerprint density at radius 1 is 1.11 bits per heavy atom. The number of ether oxygens (including phenoxy) is 1. The molecule has 0 aromatic heterocycles. The Morgan fingerprint density at radius 3 is 2.42 bits per heavy atom. The van der Waals surface area contributed by atoms with Crippen LogP contribution in [-0.4, -0.2) is 5.11 Å². The molecule has 2 nitrogen and oxygen atoms in total. The molecule has 0 radical (unpaired) electrons. The van der Waals surface area contributed by atoms with E-state index in [9.17, 15) is 13.9 Å². The summed E-state index contributed by atoms with van der Waals surface area (Å²) in [6.45, 7) is 1.55. The van der Waals surface area contributed by atoms with E-state index in [4.69, 9.17) is 4.74 Å². The third kappa shape index (κ3) is 3.30. The van der Waals surface area contributed by atoms with Gasteiger partial charge >= 0.3 is 0 Å². The fourth-order valence-corrected chi connectivity index (χ4v) is 1.88. The minimum Gasteiger partial charge on any atom is -0.454 e. The molecule has 1 unspecified atom stereocenters. The van der Waals surface area contributed by atoms with Gasteiger partial charge in [0.2, 0.25) is 0 Å². The highest BCUT2D eigenvalue weighted by atomic mass is 79.9. The van der Waals surface area contributed by atoms with E-state index >= 15 is 0 Å². The van der Waals surface area contributed by atoms with Gasteiger partial charge in [0.05, 0.1) is 10.6 Å². The summed E-state index contributed by atoms with van der Waals surface area (Å²) in [6, 6.07) is 8.25. The smallest absolute Gasteiger partial charge is 0.166 e. The largest absolute Gasteiger partial charge is 0.454 e. The summed E-state index contributed by atoms with van der Waals surface area (Å²) in [5, 5.41) is 9.34. The maximum atomic E-state index is 13.8. The molecule has 2 aromatic carbocycles. The second-order valence-electron chi connectivity index (χ2n) is 4.04. The zero-order valence-corrected chi connectivity index (χ0v) is 11.6. The van der Waals surface area contributed by atoms with Gasteiger partial charge < -0.3 is 9.84 Å². The maximum Gasteiger partial charge on any atom is 0.166 e. The topological polar surface area (TPSA) is 29.5 Å². The van der Waals surface area contributed by atoms with Crippen molar-refractivity contribution < 1.29 is 18.6 Å². The quantitative estimate of drug-likeness (QED) is 0.894. The molecule has 0 fully saturated rings. The Labute approximate surface area is 117 Å². The summed E-state index contributed by atoms with van der Waals surface area (Å²) in [5.41, 5.74) is 0.463. The molecule has 0 aliphatic carbocycles. The highest BCUT2D eigenvalue weighted by Gasteiger charge is 2.09. The van der Waals surface area contributed by atoms with Crippen molar-refractivity contribution in [1.29, 1.82) is 0 Å². The second-order valence-corrected chi connectivity index (χ2v) is 4.90. The van der Waals surface area contributed by atoms with Crippen LogP contribution >= 0.6 is 15.9 Å². The molecule has 0 saturated heterocycles. The molecule has 1 N–H and O–H groups in total. The predicted octanol–water partition coefficient (Wildman–Crippen LogP) is 4.57. The van der Waals surface area contributed by atoms with Crippen molar-refractivity contribution in [3.05, 3.63) is 58.1 Å². The van der Waals surface area contributed by atoms with Crippen LogP contribution < -0.4 is 4.74 Å². The third-order valence-corrected chi connectivity index (χ3v) is 3.16. The zero-order valence-electron chi connectivity index (χ0n) is 10.0. The molecule has 0 amide bonds. The number of halogens is 3. The zero-order chi connectivity index (χ0) is 14.0. The van der Waals surface area contributed by atoms with Gasteiger partial charge in [-0.05, 0) is 58.7 Å². The van der Waals surface area contributed by atoms with E-state index in [0.29, 0.717) is 11.3 Å². The van der Waals surface area contributed by atoms with Crippen molar-refractivity contribution in [1.82, 2.24) is 0 Å². The third-order valence-electron chi connectivity index (χ3n) is 2.56. The van der Waals surface area contributed by atoms with Gasteiger partial charge in [-0.1, -0.05) is 6.07 Å². The maximum absolute atomic E-state index is 13.8. The summed E-state index contributed by atoms with van der Waals surface area (Å²) < 4.78 is 32.4. The lowest BCUT2D eigenvalue weighted by Crippen LogP contribution is -1.94. The fourth-order valence-electron chi connectivity index (χ4n) is 1.53. The number of hydrogen-bond donors (Lipinski definition) is 1. The molecule has 0 bridgehead atoms. The fraction of sp³-hybridized carbons (Fsp3) is 0.143. The number of benzene rings is 2. The van der Waals surface area contributed by atoms with Gasteiger partial charge in [0.1, 0.15) is 11.6 Å². The summed E-state index contributed by atoms with van der Waals surface area (Å²) in [4.78, 5) is 0. The minimum absolute atomic E-state index is 0.0166. The van der Waals surface area contributed by atoms with Crippen molar-refractivity contribution >= 4 is 15.9 Å². The first-order chi connectivity index (χ1) is 8.97. The van der Waals surface area contributed by atoms with Gasteiger partial charge in [-0.2, -0.15) is 0 Å². The first kappa shape index (κ1) is 14.0. The molecule has 0 saturated carbocycles. The molecule has 2 rings (SSSR count). The van der Waals surface area contributed by atoms with Crippen LogP contribution in [0.3, 0.4) is 0 Å². The van der Waals surface area contributed by atoms with Gasteiger partial charge in [-0.3, -0.25) is 0 Å². The standard InChI is InChI=1S/C14H11BrF2O2/c1-8(18)9-2-5-14(13(17)6-9)19-10-3-4-12(16)11(15)7-10/h2-8,18H,1H3. The normalized spacial score (nSPS) is 12.3. The summed E-state index contributed by atoms with van der Waals surface area (Å²) in [7, 11) is 0. The average Bonchev–Trinajstić information content (AvgIpc) is 2.36. The van der Waals surface area contributed by atoms with E-state index < -0.39 is 17.7 Å². The SMILES string of the molecule is CC(O)c1ccc(Oc2ccc(F)c(Br)c2)c(F)c1. The second kappa shape index (κ2) is 5.67. The van der Waals surface area contributed by atoms with Crippen LogP contribution in [-0.2, 0) is 0 Å². The number of aliphatic hydroxyl groups excluding tert-OH is 1. The van der Waals surface area contributed by atoms with Crippen LogP contribution in [0.25, 0.3) is 0 Å². The Kier molecular flexibility index (Phi) is 4.17. The first-order valence-corrected chi connectivity index (χ1v) is 6.37. The van der Waals surface area contributed by atoms with Crippen LogP contribution in [0.5, 0.6) is 11.5 Å². The minimum atomic E-state index is -0.747. The Bertz CT molecular complexity index is 600. The molecule has 0 spiro atoms. The first-order valence-electron chi connectivity index (χ1n) is 5.58. The van der Waals surface area contributed by atoms with Crippen LogP contribution in [0.2, 0.25) is 0 Å². The molecule has 2 aromatic rings. The van der Waals surface area contributed by atoms with Crippen LogP contribution in [0.1, 0.15) is 18.6 Å². The van der Waals surface area contributed by atoms with Crippen LogP contribution in [0.4, 0.5) is 8.78 Å². The number of rotatable bonds is 3. The van der Waals surface area contributed by atoms with E-state index in [-0.39, 0.29) is 10.2 Å². The molecule has 0 heterocycles. The Morgan fingerprint density at radius 2 is 1.84 bits per heavy atom. The lowest BCUT2D eigenvalue weighted by molar-refractivity contribution is 0.198. The van der Waals surface area contributed by atoms with Crippen molar-refractivity contribution in [3.63, 3.8) is 0 Å². The highest BCUT2D eigenvalue weighted by Crippen LogP contribution is 2.29. The van der Waals surface area contributed by atoms with Gasteiger partial charge in [0.25, 0.3) is 0 Å². The van der Waals surface area contributed by atoms with Crippen molar-refractivity contribution in [2.45, 2.75) is 13.0 Å². The molecule has 1 atom stereocenters. The Hall–Kier alpha value is -1.46. The highest BCUT2D eigenvalue weighted by molar-refractivity contribution is 9.10. The Balaban J connectivity index is 2.25. The van der Waals surface area contributed by atoms with Gasteiger partial charge in [0.15, 0.2) is 11.6 Å².